The minimum atomic E-state index is -0.119. The molecule has 0 bridgehead atoms. The lowest BCUT2D eigenvalue weighted by molar-refractivity contribution is -0.115. The van der Waals surface area contributed by atoms with Gasteiger partial charge in [0, 0.05) is 23.1 Å². The molecule has 0 radical (unpaired) electrons. The molecule has 5 nitrogen and oxygen atoms in total. The van der Waals surface area contributed by atoms with Gasteiger partial charge in [-0.25, -0.2) is 4.98 Å². The summed E-state index contributed by atoms with van der Waals surface area (Å²) in [6.45, 7) is 2.16. The van der Waals surface area contributed by atoms with Gasteiger partial charge in [0.15, 0.2) is 5.78 Å². The van der Waals surface area contributed by atoms with Crippen molar-refractivity contribution in [3.05, 3.63) is 45.9 Å². The van der Waals surface area contributed by atoms with E-state index in [-0.39, 0.29) is 18.1 Å². The molecule has 0 aliphatic carbocycles. The lowest BCUT2D eigenvalue weighted by Crippen LogP contribution is -2.14. The highest BCUT2D eigenvalue weighted by Gasteiger charge is 2.08. The zero-order chi connectivity index (χ0) is 15.9. The maximum atomic E-state index is 12.0. The van der Waals surface area contributed by atoms with Crippen LogP contribution >= 0.6 is 11.3 Å². The monoisotopic (exact) mass is 317 g/mol. The van der Waals surface area contributed by atoms with Crippen molar-refractivity contribution in [2.75, 3.05) is 11.9 Å². The molecule has 0 saturated heterocycles. The molecule has 0 fully saturated rings. The fourth-order valence-electron chi connectivity index (χ4n) is 1.96. The van der Waals surface area contributed by atoms with E-state index < -0.39 is 0 Å². The number of amides is 1. The Labute approximate surface area is 133 Å². The number of nitrogens with one attached hydrogen (secondary N) is 1. The lowest BCUT2D eigenvalue weighted by Gasteiger charge is -2.04. The summed E-state index contributed by atoms with van der Waals surface area (Å²) in [5.74, 6) is -0.114. The third-order valence-corrected chi connectivity index (χ3v) is 4.07. The van der Waals surface area contributed by atoms with Crippen molar-refractivity contribution in [3.8, 4) is 0 Å². The van der Waals surface area contributed by atoms with Gasteiger partial charge in [0.2, 0.25) is 5.91 Å². The molecule has 1 aromatic heterocycles. The van der Waals surface area contributed by atoms with Crippen LogP contribution in [0.4, 0.5) is 5.69 Å². The highest BCUT2D eigenvalue weighted by atomic mass is 32.1. The van der Waals surface area contributed by atoms with Crippen LogP contribution in [0.25, 0.3) is 0 Å². The molecular formula is C16H19N3O2S. The molecule has 6 heteroatoms. The predicted molar refractivity (Wildman–Crippen MR) is 88.3 cm³/mol. The Balaban J connectivity index is 1.89. The van der Waals surface area contributed by atoms with Crippen LogP contribution < -0.4 is 11.1 Å². The van der Waals surface area contributed by atoms with Crippen molar-refractivity contribution in [2.45, 2.75) is 26.2 Å². The molecule has 0 spiro atoms. The number of hydrogen-bond acceptors (Lipinski definition) is 5. The number of nitrogens with zero attached hydrogens (tertiary/aromatic N) is 1. The summed E-state index contributed by atoms with van der Waals surface area (Å²) < 4.78 is 0. The second-order valence-electron chi connectivity index (χ2n) is 4.98. The number of carbonyl (C=O) groups is 2. The Morgan fingerprint density at radius 1 is 1.27 bits per heavy atom. The normalized spacial score (nSPS) is 10.5. The molecule has 1 aromatic carbocycles. The zero-order valence-electron chi connectivity index (χ0n) is 12.5. The minimum Gasteiger partial charge on any atom is -0.330 e. The van der Waals surface area contributed by atoms with E-state index in [1.54, 1.807) is 35.6 Å². The van der Waals surface area contributed by atoms with Crippen LogP contribution in [0.2, 0.25) is 0 Å². The Bertz CT molecular complexity index is 650. The summed E-state index contributed by atoms with van der Waals surface area (Å²) >= 11 is 1.56. The molecule has 0 aliphatic rings. The Hall–Kier alpha value is -2.05. The highest BCUT2D eigenvalue weighted by molar-refractivity contribution is 7.09. The van der Waals surface area contributed by atoms with Crippen molar-refractivity contribution in [1.82, 2.24) is 4.98 Å². The first-order chi connectivity index (χ1) is 10.6. The SMILES string of the molecule is CC(=O)c1ccc(NC(=O)Cc2csc(CCCN)n2)cc1. The first-order valence-corrected chi connectivity index (χ1v) is 8.00. The fourth-order valence-corrected chi connectivity index (χ4v) is 2.80. The van der Waals surface area contributed by atoms with Crippen molar-refractivity contribution in [2.24, 2.45) is 5.73 Å². The third-order valence-electron chi connectivity index (χ3n) is 3.11. The molecule has 0 aliphatic heterocycles. The number of aromatic nitrogens is 1. The van der Waals surface area contributed by atoms with Gasteiger partial charge in [-0.15, -0.1) is 11.3 Å². The van der Waals surface area contributed by atoms with Gasteiger partial charge in [-0.1, -0.05) is 0 Å². The molecule has 22 heavy (non-hydrogen) atoms. The van der Waals surface area contributed by atoms with Gasteiger partial charge >= 0.3 is 0 Å². The molecule has 1 heterocycles. The van der Waals surface area contributed by atoms with Gasteiger partial charge in [0.05, 0.1) is 17.1 Å². The van der Waals surface area contributed by atoms with Crippen LogP contribution in [0.3, 0.4) is 0 Å². The second-order valence-corrected chi connectivity index (χ2v) is 5.93. The van der Waals surface area contributed by atoms with Crippen LogP contribution in [0.1, 0.15) is 34.4 Å². The number of carbonyl (C=O) groups excluding carboxylic acids is 2. The third kappa shape index (κ3) is 4.75. The quantitative estimate of drug-likeness (QED) is 0.768. The summed E-state index contributed by atoms with van der Waals surface area (Å²) in [6.07, 6.45) is 2.00. The zero-order valence-corrected chi connectivity index (χ0v) is 13.3. The predicted octanol–water partition coefficient (Wildman–Crippen LogP) is 2.42. The van der Waals surface area contributed by atoms with E-state index in [9.17, 15) is 9.59 Å². The van der Waals surface area contributed by atoms with E-state index in [1.807, 2.05) is 5.38 Å². The number of thiazole rings is 1. The summed E-state index contributed by atoms with van der Waals surface area (Å²) in [5.41, 5.74) is 7.55. The number of aryl methyl sites for hydroxylation is 1. The number of benzene rings is 1. The smallest absolute Gasteiger partial charge is 0.230 e. The summed E-state index contributed by atoms with van der Waals surface area (Å²) in [5, 5.41) is 5.72. The van der Waals surface area contributed by atoms with Gasteiger partial charge in [0.25, 0.3) is 0 Å². The molecule has 116 valence electrons. The van der Waals surface area contributed by atoms with Crippen molar-refractivity contribution in [3.63, 3.8) is 0 Å². The Morgan fingerprint density at radius 3 is 2.64 bits per heavy atom. The van der Waals surface area contributed by atoms with Crippen molar-refractivity contribution >= 4 is 28.7 Å². The largest absolute Gasteiger partial charge is 0.330 e. The van der Waals surface area contributed by atoms with Crippen LogP contribution in [0.15, 0.2) is 29.6 Å². The molecule has 0 unspecified atom stereocenters. The fraction of sp³-hybridized carbons (Fsp3) is 0.312. The number of rotatable bonds is 7. The maximum absolute atomic E-state index is 12.0. The number of anilines is 1. The lowest BCUT2D eigenvalue weighted by atomic mass is 10.1. The molecule has 2 aromatic rings. The number of nitrogens with two attached hydrogens (primary N) is 1. The van der Waals surface area contributed by atoms with Crippen molar-refractivity contribution < 1.29 is 9.59 Å². The summed E-state index contributed by atoms with van der Waals surface area (Å²) in [4.78, 5) is 27.6. The van der Waals surface area contributed by atoms with E-state index in [2.05, 4.69) is 10.3 Å². The molecular weight excluding hydrogens is 298 g/mol. The first kappa shape index (κ1) is 16.3. The van der Waals surface area contributed by atoms with Crippen LogP contribution in [-0.2, 0) is 17.6 Å². The first-order valence-electron chi connectivity index (χ1n) is 7.12. The van der Waals surface area contributed by atoms with E-state index >= 15 is 0 Å². The number of Topliss-reactive ketones (excluding diaryl/α,β-unsaturated/α-hetero) is 1. The van der Waals surface area contributed by atoms with E-state index in [0.717, 1.165) is 23.5 Å². The van der Waals surface area contributed by atoms with E-state index in [4.69, 9.17) is 5.73 Å². The standard InChI is InChI=1S/C16H19N3O2S/c1-11(20)12-4-6-13(7-5-12)18-15(21)9-14-10-22-16(19-14)3-2-8-17/h4-7,10H,2-3,8-9,17H2,1H3,(H,18,21). The van der Waals surface area contributed by atoms with Gasteiger partial charge in [-0.3, -0.25) is 9.59 Å². The second kappa shape index (κ2) is 7.82. The summed E-state index contributed by atoms with van der Waals surface area (Å²) in [6, 6.07) is 6.85. The molecule has 0 atom stereocenters. The number of ketones is 1. The van der Waals surface area contributed by atoms with Crippen LogP contribution in [0, 0.1) is 0 Å². The van der Waals surface area contributed by atoms with E-state index in [1.165, 1.54) is 6.92 Å². The topological polar surface area (TPSA) is 85.1 Å². The van der Waals surface area contributed by atoms with Crippen LogP contribution in [-0.4, -0.2) is 23.2 Å². The Morgan fingerprint density at radius 2 is 2.00 bits per heavy atom. The van der Waals surface area contributed by atoms with Crippen molar-refractivity contribution in [1.29, 1.82) is 0 Å². The number of hydrogen-bond donors (Lipinski definition) is 2. The molecule has 2 rings (SSSR count). The molecule has 1 amide bonds. The van der Waals surface area contributed by atoms with E-state index in [0.29, 0.717) is 17.8 Å². The average Bonchev–Trinajstić information content (AvgIpc) is 2.93. The average molecular weight is 317 g/mol. The maximum Gasteiger partial charge on any atom is 0.230 e. The van der Waals surface area contributed by atoms with Gasteiger partial charge in [-0.2, -0.15) is 0 Å². The molecule has 3 N–H and O–H groups in total. The van der Waals surface area contributed by atoms with Gasteiger partial charge in [-0.05, 0) is 44.2 Å². The molecule has 0 saturated carbocycles. The van der Waals surface area contributed by atoms with Gasteiger partial charge < -0.3 is 11.1 Å². The van der Waals surface area contributed by atoms with Gasteiger partial charge in [0.1, 0.15) is 0 Å². The van der Waals surface area contributed by atoms with Crippen LogP contribution in [0.5, 0.6) is 0 Å². The minimum absolute atomic E-state index is 0.00496. The highest BCUT2D eigenvalue weighted by Crippen LogP contribution is 2.14. The Kier molecular flexibility index (Phi) is 5.80. The summed E-state index contributed by atoms with van der Waals surface area (Å²) in [7, 11) is 0.